The first-order chi connectivity index (χ1) is 7.22. The smallest absolute Gasteiger partial charge is 0.233 e. The van der Waals surface area contributed by atoms with Crippen LogP contribution in [0.2, 0.25) is 0 Å². The van der Waals surface area contributed by atoms with Crippen LogP contribution in [0.4, 0.5) is 0 Å². The van der Waals surface area contributed by atoms with Crippen LogP contribution in [0.25, 0.3) is 0 Å². The van der Waals surface area contributed by atoms with Crippen molar-refractivity contribution in [3.63, 3.8) is 0 Å². The maximum absolute atomic E-state index is 11.1. The van der Waals surface area contributed by atoms with E-state index in [9.17, 15) is 4.79 Å². The minimum atomic E-state index is -0.00345. The predicted molar refractivity (Wildman–Crippen MR) is 66.0 cm³/mol. The van der Waals surface area contributed by atoms with Gasteiger partial charge in [0.25, 0.3) is 0 Å². The van der Waals surface area contributed by atoms with Crippen LogP contribution in [0.5, 0.6) is 5.75 Å². The molecule has 1 rings (SSSR count). The molecule has 0 bridgehead atoms. The molecule has 90 valence electrons. The third kappa shape index (κ3) is 5.58. The number of carbonyl (C=O) groups excluding carboxylic acids is 1. The highest BCUT2D eigenvalue weighted by Crippen LogP contribution is 2.09. The van der Waals surface area contributed by atoms with Gasteiger partial charge in [0.1, 0.15) is 5.75 Å². The molecule has 0 spiro atoms. The lowest BCUT2D eigenvalue weighted by Crippen LogP contribution is -2.33. The number of halogens is 1. The standard InChI is InChI=1S/C11H16N2O2.ClH/c1-12-8-11(15)13-7-6-9-2-4-10(14)5-3-9;/h2-5,12,14H,6-8H2,1H3,(H,13,15);1H. The number of aromatic hydroxyl groups is 1. The number of phenols is 1. The monoisotopic (exact) mass is 244 g/mol. The summed E-state index contributed by atoms with van der Waals surface area (Å²) in [6.07, 6.45) is 0.774. The number of likely N-dealkylation sites (N-methyl/N-ethyl adjacent to an activating group) is 1. The number of phenolic OH excluding ortho intramolecular Hbond substituents is 1. The Morgan fingerprint density at radius 1 is 1.31 bits per heavy atom. The highest BCUT2D eigenvalue weighted by molar-refractivity contribution is 5.85. The Morgan fingerprint density at radius 3 is 2.50 bits per heavy atom. The van der Waals surface area contributed by atoms with Crippen molar-refractivity contribution in [2.75, 3.05) is 20.1 Å². The molecule has 0 radical (unpaired) electrons. The summed E-state index contributed by atoms with van der Waals surface area (Å²) in [6, 6.07) is 6.98. The van der Waals surface area contributed by atoms with Gasteiger partial charge in [-0.3, -0.25) is 4.79 Å². The van der Waals surface area contributed by atoms with Gasteiger partial charge in [-0.2, -0.15) is 0 Å². The maximum Gasteiger partial charge on any atom is 0.233 e. The van der Waals surface area contributed by atoms with Gasteiger partial charge >= 0.3 is 0 Å². The summed E-state index contributed by atoms with van der Waals surface area (Å²) in [5.74, 6) is 0.259. The average molecular weight is 245 g/mol. The Labute approximate surface area is 101 Å². The molecule has 0 aliphatic rings. The van der Waals surface area contributed by atoms with Crippen LogP contribution < -0.4 is 10.6 Å². The van der Waals surface area contributed by atoms with E-state index in [2.05, 4.69) is 10.6 Å². The minimum absolute atomic E-state index is 0. The molecule has 1 amide bonds. The number of benzene rings is 1. The van der Waals surface area contributed by atoms with E-state index < -0.39 is 0 Å². The molecule has 0 saturated carbocycles. The van der Waals surface area contributed by atoms with Crippen molar-refractivity contribution < 1.29 is 9.90 Å². The molecule has 0 aromatic heterocycles. The lowest BCUT2D eigenvalue weighted by molar-refractivity contribution is -0.120. The summed E-state index contributed by atoms with van der Waals surface area (Å²) in [4.78, 5) is 11.1. The van der Waals surface area contributed by atoms with Crippen molar-refractivity contribution in [2.24, 2.45) is 0 Å². The number of rotatable bonds is 5. The number of nitrogens with one attached hydrogen (secondary N) is 2. The van der Waals surface area contributed by atoms with Crippen LogP contribution in [0.3, 0.4) is 0 Å². The molecule has 0 saturated heterocycles. The highest BCUT2D eigenvalue weighted by atomic mass is 35.5. The second-order valence-corrected chi connectivity index (χ2v) is 3.30. The van der Waals surface area contributed by atoms with Crippen molar-refractivity contribution in [1.29, 1.82) is 0 Å². The van der Waals surface area contributed by atoms with Gasteiger partial charge in [0.15, 0.2) is 0 Å². The summed E-state index contributed by atoms with van der Waals surface area (Å²) in [7, 11) is 1.74. The lowest BCUT2D eigenvalue weighted by Gasteiger charge is -2.04. The van der Waals surface area contributed by atoms with Gasteiger partial charge in [-0.25, -0.2) is 0 Å². The van der Waals surface area contributed by atoms with Crippen molar-refractivity contribution in [3.8, 4) is 5.75 Å². The van der Waals surface area contributed by atoms with Gasteiger partial charge in [-0.05, 0) is 31.2 Å². The molecule has 0 unspecified atom stereocenters. The fraction of sp³-hybridized carbons (Fsp3) is 0.364. The van der Waals surface area contributed by atoms with Crippen LogP contribution >= 0.6 is 12.4 Å². The van der Waals surface area contributed by atoms with Crippen LogP contribution in [0.1, 0.15) is 5.56 Å². The van der Waals surface area contributed by atoms with Gasteiger partial charge in [0.2, 0.25) is 5.91 Å². The summed E-state index contributed by atoms with van der Waals surface area (Å²) in [6.45, 7) is 0.959. The summed E-state index contributed by atoms with van der Waals surface area (Å²) >= 11 is 0. The highest BCUT2D eigenvalue weighted by Gasteiger charge is 1.98. The van der Waals surface area contributed by atoms with Crippen LogP contribution in [0, 0.1) is 0 Å². The van der Waals surface area contributed by atoms with E-state index in [1.165, 1.54) is 0 Å². The molecule has 16 heavy (non-hydrogen) atoms. The van der Waals surface area contributed by atoms with Crippen LogP contribution in [-0.4, -0.2) is 31.2 Å². The van der Waals surface area contributed by atoms with Crippen molar-refractivity contribution >= 4 is 18.3 Å². The van der Waals surface area contributed by atoms with E-state index in [1.807, 2.05) is 12.1 Å². The molecule has 0 aliphatic carbocycles. The molecule has 1 aromatic carbocycles. The Hall–Kier alpha value is -1.26. The first-order valence-corrected chi connectivity index (χ1v) is 4.91. The Morgan fingerprint density at radius 2 is 1.94 bits per heavy atom. The summed E-state index contributed by atoms with van der Waals surface area (Å²) < 4.78 is 0. The quantitative estimate of drug-likeness (QED) is 0.714. The van der Waals surface area contributed by atoms with Gasteiger partial charge in [0, 0.05) is 6.54 Å². The van der Waals surface area contributed by atoms with Crippen LogP contribution in [-0.2, 0) is 11.2 Å². The molecular weight excluding hydrogens is 228 g/mol. The topological polar surface area (TPSA) is 61.4 Å². The second-order valence-electron chi connectivity index (χ2n) is 3.30. The second kappa shape index (κ2) is 7.96. The number of amides is 1. The zero-order valence-corrected chi connectivity index (χ0v) is 10.0. The van der Waals surface area contributed by atoms with Gasteiger partial charge in [-0.15, -0.1) is 12.4 Å². The lowest BCUT2D eigenvalue weighted by atomic mass is 10.1. The average Bonchev–Trinajstić information content (AvgIpc) is 2.21. The third-order valence-corrected chi connectivity index (χ3v) is 2.01. The minimum Gasteiger partial charge on any atom is -0.508 e. The van der Waals surface area contributed by atoms with Crippen LogP contribution in [0.15, 0.2) is 24.3 Å². The Bertz CT molecular complexity index is 314. The van der Waals surface area contributed by atoms with E-state index >= 15 is 0 Å². The summed E-state index contributed by atoms with van der Waals surface area (Å²) in [5.41, 5.74) is 1.09. The maximum atomic E-state index is 11.1. The van der Waals surface area contributed by atoms with Crippen molar-refractivity contribution in [1.82, 2.24) is 10.6 Å². The normalized spacial score (nSPS) is 9.31. The molecule has 0 atom stereocenters. The third-order valence-electron chi connectivity index (χ3n) is 2.01. The van der Waals surface area contributed by atoms with Crippen molar-refractivity contribution in [2.45, 2.75) is 6.42 Å². The fourth-order valence-electron chi connectivity index (χ4n) is 1.23. The van der Waals surface area contributed by atoms with Crippen molar-refractivity contribution in [3.05, 3.63) is 29.8 Å². The molecule has 0 aliphatic heterocycles. The largest absolute Gasteiger partial charge is 0.508 e. The molecule has 0 heterocycles. The predicted octanol–water partition coefficient (Wildman–Crippen LogP) is 0.692. The van der Waals surface area contributed by atoms with E-state index in [4.69, 9.17) is 5.11 Å². The molecular formula is C11H17ClN2O2. The van der Waals surface area contributed by atoms with E-state index in [0.29, 0.717) is 13.1 Å². The van der Waals surface area contributed by atoms with E-state index in [0.717, 1.165) is 12.0 Å². The number of carbonyl (C=O) groups is 1. The number of hydrogen-bond donors (Lipinski definition) is 3. The zero-order valence-electron chi connectivity index (χ0n) is 9.19. The molecule has 4 nitrogen and oxygen atoms in total. The zero-order chi connectivity index (χ0) is 11.1. The first kappa shape index (κ1) is 14.7. The number of hydrogen-bond acceptors (Lipinski definition) is 3. The van der Waals surface area contributed by atoms with Gasteiger partial charge in [0.05, 0.1) is 6.54 Å². The van der Waals surface area contributed by atoms with Gasteiger partial charge in [-0.1, -0.05) is 12.1 Å². The molecule has 3 N–H and O–H groups in total. The van der Waals surface area contributed by atoms with E-state index in [-0.39, 0.29) is 24.1 Å². The SMILES string of the molecule is CNCC(=O)NCCc1ccc(O)cc1.Cl. The first-order valence-electron chi connectivity index (χ1n) is 4.91. The Balaban J connectivity index is 0.00000225. The molecule has 1 aromatic rings. The molecule has 5 heteroatoms. The Kier molecular flexibility index (Phi) is 7.33. The fourth-order valence-corrected chi connectivity index (χ4v) is 1.23. The molecule has 0 fully saturated rings. The van der Waals surface area contributed by atoms with E-state index in [1.54, 1.807) is 19.2 Å². The summed E-state index contributed by atoms with van der Waals surface area (Å²) in [5, 5.41) is 14.6. The van der Waals surface area contributed by atoms with Gasteiger partial charge < -0.3 is 15.7 Å².